The highest BCUT2D eigenvalue weighted by molar-refractivity contribution is 8.16. The monoisotopic (exact) mass is 392 g/mol. The molecular weight excluding hydrogens is 374 g/mol. The number of carbonyl (C=O) groups is 1. The number of amides is 1. The van der Waals surface area contributed by atoms with Crippen molar-refractivity contribution in [2.45, 2.75) is 25.1 Å². The van der Waals surface area contributed by atoms with Crippen molar-refractivity contribution in [3.05, 3.63) is 70.7 Å². The Labute approximate surface area is 159 Å². The van der Waals surface area contributed by atoms with Crippen molar-refractivity contribution in [2.24, 2.45) is 5.10 Å². The summed E-state index contributed by atoms with van der Waals surface area (Å²) in [7, 11) is 0. The van der Waals surface area contributed by atoms with E-state index >= 15 is 0 Å². The maximum Gasteiger partial charge on any atom is 0.241 e. The highest BCUT2D eigenvalue weighted by Gasteiger charge is 2.51. The lowest BCUT2D eigenvalue weighted by atomic mass is 10.0. The number of hydrazone groups is 1. The summed E-state index contributed by atoms with van der Waals surface area (Å²) >= 11 is 2.99. The third-order valence-electron chi connectivity index (χ3n) is 4.19. The highest BCUT2D eigenvalue weighted by atomic mass is 32.2. The zero-order chi connectivity index (χ0) is 18.9. The quantitative estimate of drug-likeness (QED) is 0.704. The molecule has 1 amide bonds. The molecule has 0 aliphatic carbocycles. The summed E-state index contributed by atoms with van der Waals surface area (Å²) in [6.45, 7) is 7.14. The highest BCUT2D eigenvalue weighted by Crippen LogP contribution is 2.54. The molecule has 1 atom stereocenters. The number of halogens is 2. The Morgan fingerprint density at radius 3 is 2.85 bits per heavy atom. The van der Waals surface area contributed by atoms with Gasteiger partial charge >= 0.3 is 0 Å². The molecule has 1 aromatic carbocycles. The summed E-state index contributed by atoms with van der Waals surface area (Å²) < 4.78 is 27.9. The minimum absolute atomic E-state index is 0.0660. The fraction of sp³-hybridized carbons (Fsp3) is 0.263. The maximum atomic E-state index is 14.3. The summed E-state index contributed by atoms with van der Waals surface area (Å²) in [5.41, 5.74) is 0.971. The van der Waals surface area contributed by atoms with Gasteiger partial charge in [-0.25, -0.2) is 13.8 Å². The van der Waals surface area contributed by atoms with Crippen molar-refractivity contribution in [3.8, 4) is 0 Å². The molecule has 0 radical (unpaired) electrons. The Kier molecular flexibility index (Phi) is 5.39. The van der Waals surface area contributed by atoms with Crippen LogP contribution in [0.4, 0.5) is 8.78 Å². The predicted octanol–water partition coefficient (Wildman–Crippen LogP) is 5.07. The lowest BCUT2D eigenvalue weighted by molar-refractivity contribution is -0.131. The molecule has 1 spiro atoms. The van der Waals surface area contributed by atoms with Gasteiger partial charge in [-0.1, -0.05) is 36.6 Å². The maximum absolute atomic E-state index is 14.3. The number of hydrogen-bond donors (Lipinski definition) is 0. The van der Waals surface area contributed by atoms with Crippen molar-refractivity contribution >= 4 is 34.5 Å². The van der Waals surface area contributed by atoms with E-state index in [2.05, 4.69) is 11.7 Å². The van der Waals surface area contributed by atoms with Gasteiger partial charge in [0.15, 0.2) is 0 Å². The molecule has 26 heavy (non-hydrogen) atoms. The molecule has 3 nitrogen and oxygen atoms in total. The summed E-state index contributed by atoms with van der Waals surface area (Å²) in [5, 5.41) is 6.08. The third-order valence-corrected chi connectivity index (χ3v) is 6.79. The first-order valence-corrected chi connectivity index (χ1v) is 9.89. The number of thioether (sulfide) groups is 2. The van der Waals surface area contributed by atoms with Gasteiger partial charge in [-0.15, -0.1) is 11.8 Å². The van der Waals surface area contributed by atoms with Crippen molar-refractivity contribution in [1.29, 1.82) is 0 Å². The fourth-order valence-electron chi connectivity index (χ4n) is 3.09. The van der Waals surface area contributed by atoms with Gasteiger partial charge in [0.25, 0.3) is 0 Å². The number of carbonyl (C=O) groups excluding carboxylic acids is 1. The van der Waals surface area contributed by atoms with E-state index in [0.717, 1.165) is 34.4 Å². The number of hydrogen-bond acceptors (Lipinski definition) is 4. The van der Waals surface area contributed by atoms with Crippen molar-refractivity contribution in [2.75, 3.05) is 5.75 Å². The molecular formula is C19H18F2N2OS2. The molecule has 1 saturated heterocycles. The van der Waals surface area contributed by atoms with Crippen molar-refractivity contribution in [3.63, 3.8) is 0 Å². The molecule has 7 heteroatoms. The molecule has 136 valence electrons. The predicted molar refractivity (Wildman–Crippen MR) is 105 cm³/mol. The summed E-state index contributed by atoms with van der Waals surface area (Å²) in [6, 6.07) is 3.25. The van der Waals surface area contributed by atoms with Gasteiger partial charge in [0.05, 0.1) is 0 Å². The molecule has 1 fully saturated rings. The topological polar surface area (TPSA) is 32.7 Å². The van der Waals surface area contributed by atoms with Crippen molar-refractivity contribution < 1.29 is 13.6 Å². The second-order valence-electron chi connectivity index (χ2n) is 5.81. The lowest BCUT2D eigenvalue weighted by Gasteiger charge is -2.40. The smallest absolute Gasteiger partial charge is 0.241 e. The van der Waals surface area contributed by atoms with E-state index in [4.69, 9.17) is 0 Å². The van der Waals surface area contributed by atoms with Crippen LogP contribution in [-0.2, 0) is 4.79 Å². The van der Waals surface area contributed by atoms with Crippen LogP contribution in [0.5, 0.6) is 0 Å². The van der Waals surface area contributed by atoms with Crippen LogP contribution in [-0.4, -0.2) is 26.6 Å². The van der Waals surface area contributed by atoms with Crippen LogP contribution in [0, 0.1) is 11.6 Å². The zero-order valence-electron chi connectivity index (χ0n) is 14.5. The molecule has 0 N–H and O–H groups in total. The van der Waals surface area contributed by atoms with Gasteiger partial charge in [-0.2, -0.15) is 5.10 Å². The van der Waals surface area contributed by atoms with Gasteiger partial charge in [-0.05, 0) is 31.5 Å². The van der Waals surface area contributed by atoms with Gasteiger partial charge in [-0.3, -0.25) is 4.79 Å². The van der Waals surface area contributed by atoms with Crippen LogP contribution in [0.3, 0.4) is 0 Å². The molecule has 0 saturated carbocycles. The second-order valence-corrected chi connectivity index (χ2v) is 8.22. The largest absolute Gasteiger partial charge is 0.273 e. The first-order chi connectivity index (χ1) is 12.4. The van der Waals surface area contributed by atoms with E-state index in [9.17, 15) is 13.6 Å². The summed E-state index contributed by atoms with van der Waals surface area (Å²) in [4.78, 5) is 12.6. The van der Waals surface area contributed by atoms with E-state index in [-0.39, 0.29) is 11.5 Å². The Balaban J connectivity index is 2.14. The standard InChI is InChI=1S/C19H18F2N2OS2/c1-4-6-15-17(5-2)25-10-9-19(15)23(12(3)24)22-18(26-19)14-11-13(20)7-8-16(14)21/h4-8,11H,1,9-10H2,2-3H3/b15-6+,17-5+. The van der Waals surface area contributed by atoms with Gasteiger partial charge in [0.2, 0.25) is 5.91 Å². The van der Waals surface area contributed by atoms with Crippen LogP contribution in [0.25, 0.3) is 0 Å². The average Bonchev–Trinajstić information content (AvgIpc) is 2.99. The lowest BCUT2D eigenvalue weighted by Crippen LogP contribution is -2.46. The Hall–Kier alpha value is -1.86. The van der Waals surface area contributed by atoms with E-state index < -0.39 is 16.5 Å². The summed E-state index contributed by atoms with van der Waals surface area (Å²) in [6.07, 6.45) is 6.17. The van der Waals surface area contributed by atoms with E-state index in [0.29, 0.717) is 11.5 Å². The minimum Gasteiger partial charge on any atom is -0.273 e. The van der Waals surface area contributed by atoms with Crippen LogP contribution in [0.15, 0.2) is 58.6 Å². The SMILES string of the molecule is C=C/C=C1\C(=C/C)SCCC12SC(c1cc(F)ccc1F)=NN2C(C)=O. The molecule has 3 rings (SSSR count). The fourth-order valence-corrected chi connectivity index (χ4v) is 5.92. The second kappa shape index (κ2) is 7.40. The number of rotatable bonds is 2. The summed E-state index contributed by atoms with van der Waals surface area (Å²) in [5.74, 6) is -0.569. The van der Waals surface area contributed by atoms with Crippen LogP contribution in [0.2, 0.25) is 0 Å². The molecule has 2 aliphatic rings. The van der Waals surface area contributed by atoms with Crippen LogP contribution in [0.1, 0.15) is 25.8 Å². The molecule has 1 unspecified atom stereocenters. The number of allylic oxidation sites excluding steroid dienone is 3. The zero-order valence-corrected chi connectivity index (χ0v) is 16.1. The number of benzene rings is 1. The minimum atomic E-state index is -0.777. The van der Waals surface area contributed by atoms with Gasteiger partial charge in [0.1, 0.15) is 21.5 Å². The Morgan fingerprint density at radius 1 is 1.42 bits per heavy atom. The number of nitrogens with zero attached hydrogens (tertiary/aromatic N) is 2. The first-order valence-electron chi connectivity index (χ1n) is 8.09. The third kappa shape index (κ3) is 3.14. The Morgan fingerprint density at radius 2 is 2.19 bits per heavy atom. The molecule has 1 aromatic rings. The van der Waals surface area contributed by atoms with E-state index in [1.54, 1.807) is 17.8 Å². The van der Waals surface area contributed by atoms with Crippen molar-refractivity contribution in [1.82, 2.24) is 5.01 Å². The van der Waals surface area contributed by atoms with Crippen LogP contribution >= 0.6 is 23.5 Å². The average molecular weight is 392 g/mol. The van der Waals surface area contributed by atoms with Crippen LogP contribution < -0.4 is 0 Å². The normalized spacial score (nSPS) is 25.8. The molecule has 0 aromatic heterocycles. The molecule has 2 heterocycles. The van der Waals surface area contributed by atoms with Gasteiger partial charge in [0, 0.05) is 28.7 Å². The van der Waals surface area contributed by atoms with E-state index in [1.807, 2.05) is 19.1 Å². The van der Waals surface area contributed by atoms with E-state index in [1.165, 1.54) is 23.7 Å². The molecule has 0 bridgehead atoms. The molecule has 2 aliphatic heterocycles. The Bertz CT molecular complexity index is 863. The first kappa shape index (κ1) is 18.9. The van der Waals surface area contributed by atoms with Gasteiger partial charge < -0.3 is 0 Å².